The van der Waals surface area contributed by atoms with Gasteiger partial charge in [0.05, 0.1) is 31.4 Å². The fourth-order valence-electron chi connectivity index (χ4n) is 7.49. The summed E-state index contributed by atoms with van der Waals surface area (Å²) in [5.41, 5.74) is 22.5. The monoisotopic (exact) mass is 1240 g/mol. The number of unbranched alkanes of at least 4 members (excludes halogenated alkanes) is 2. The van der Waals surface area contributed by atoms with E-state index >= 15 is 0 Å². The van der Waals surface area contributed by atoms with Gasteiger partial charge < -0.3 is 26.0 Å². The maximum absolute atomic E-state index is 10.8. The highest BCUT2D eigenvalue weighted by molar-refractivity contribution is 6.42. The summed E-state index contributed by atoms with van der Waals surface area (Å²) in [4.78, 5) is 42.9. The minimum atomic E-state index is -0.433. The number of nitro benzene ring substituents is 3. The van der Waals surface area contributed by atoms with Crippen LogP contribution in [-0.2, 0) is 4.79 Å². The highest BCUT2D eigenvalue weighted by atomic mass is 35.5. The Labute approximate surface area is 532 Å². The molecular formula is C71H91Cl2N7O8. The third-order valence-corrected chi connectivity index (χ3v) is 13.6. The number of amides is 1. The quantitative estimate of drug-likeness (QED) is 0.0562. The fraction of sp³-hybridized carbons (Fsp3) is 0.310. The number of hydrogen-bond acceptors (Lipinski definition) is 11. The first-order valence-corrected chi connectivity index (χ1v) is 29.6. The van der Waals surface area contributed by atoms with Gasteiger partial charge in [0.2, 0.25) is 5.91 Å². The van der Waals surface area contributed by atoms with Crippen LogP contribution in [0.25, 0.3) is 0 Å². The molecule has 4 N–H and O–H groups in total. The number of aryl methyl sites for hydroxylation is 11. The molecule has 8 aromatic carbocycles. The van der Waals surface area contributed by atoms with Crippen molar-refractivity contribution in [2.75, 3.05) is 49.3 Å². The number of benzene rings is 8. The average molecular weight is 1240 g/mol. The molecule has 0 aliphatic carbocycles. The predicted molar refractivity (Wildman–Crippen MR) is 370 cm³/mol. The number of nitrogens with one attached hydrogen (secondary N) is 2. The van der Waals surface area contributed by atoms with Crippen molar-refractivity contribution in [3.8, 4) is 5.75 Å². The average Bonchev–Trinajstić information content (AvgIpc) is 3.63. The molecule has 1 amide bonds. The van der Waals surface area contributed by atoms with Gasteiger partial charge in [-0.1, -0.05) is 149 Å². The number of nitro groups is 3. The molecule has 8 aromatic rings. The van der Waals surface area contributed by atoms with Gasteiger partial charge in [-0.25, -0.2) is 0 Å². The summed E-state index contributed by atoms with van der Waals surface area (Å²) in [6, 6.07) is 51.7. The summed E-state index contributed by atoms with van der Waals surface area (Å²) in [6.07, 6.45) is 3.55. The minimum absolute atomic E-state index is 0.0244. The van der Waals surface area contributed by atoms with Gasteiger partial charge in [0.1, 0.15) is 0 Å². The summed E-state index contributed by atoms with van der Waals surface area (Å²) >= 11 is 11.3. The van der Waals surface area contributed by atoms with Crippen molar-refractivity contribution >= 4 is 63.2 Å². The van der Waals surface area contributed by atoms with Gasteiger partial charge in [-0.2, -0.15) is 0 Å². The highest BCUT2D eigenvalue weighted by Crippen LogP contribution is 2.28. The van der Waals surface area contributed by atoms with Crippen molar-refractivity contribution in [2.45, 2.75) is 116 Å². The van der Waals surface area contributed by atoms with E-state index in [0.717, 1.165) is 58.6 Å². The van der Waals surface area contributed by atoms with E-state index in [9.17, 15) is 35.1 Å². The fourth-order valence-corrected chi connectivity index (χ4v) is 7.84. The van der Waals surface area contributed by atoms with E-state index in [4.69, 9.17) is 33.7 Å². The van der Waals surface area contributed by atoms with Crippen molar-refractivity contribution in [3.63, 3.8) is 0 Å². The topological polar surface area (TPSA) is 209 Å². The number of halogens is 2. The Kier molecular flexibility index (Phi) is 37.2. The van der Waals surface area contributed by atoms with Gasteiger partial charge in [-0.3, -0.25) is 35.1 Å². The van der Waals surface area contributed by atoms with E-state index in [0.29, 0.717) is 28.0 Å². The third-order valence-electron chi connectivity index (χ3n) is 12.8. The lowest BCUT2D eigenvalue weighted by Crippen LogP contribution is -2.07. The lowest BCUT2D eigenvalue weighted by Gasteiger charge is -2.11. The van der Waals surface area contributed by atoms with E-state index in [-0.39, 0.29) is 32.8 Å². The molecule has 0 heterocycles. The molecule has 0 atom stereocenters. The molecule has 0 aliphatic rings. The number of anilines is 3. The number of rotatable bonds is 13. The molecule has 15 nitrogen and oxygen atoms in total. The standard InChI is InChI=1S/C13H22N2.C10H13NO.C9H11NO3.C9H13N.C8H9NO2.C8H10.C7H6Cl2.C7H7NO2/c1-11-6-7-12(2)13(10-11)15-9-5-3-4-8-14;1-7-4-5-8(2)10(6-7)11-9(3)12;1-3-13-9-5-4-7(2)6-8(9)10(11)12;1-8-4-6-9(7-5-8)10(2)3;1-6-4-3-5-8(7(6)2)9(10)11;1-7-3-5-8(2)6-4-7;1-5-2-3-6(8)7(9)4-5;1-6-4-2-3-5-7(6)8(9)10/h6-7,10,15H,3-5,8-9,14H2,1-2H3;4-6H,1-3H3,(H,11,12);4-6H,3H2,1-2H3;4-7H,1-3H3;3-5H,1-2H3;3-6H,1-2H3;2-4H,1H3;2-5H,1H3. The molecule has 0 aromatic heterocycles. The molecule has 8 rings (SSSR count). The largest absolute Gasteiger partial charge is 0.487 e. The second-order valence-electron chi connectivity index (χ2n) is 21.1. The normalized spacial score (nSPS) is 9.67. The van der Waals surface area contributed by atoms with Crippen LogP contribution in [-0.4, -0.2) is 54.5 Å². The zero-order valence-corrected chi connectivity index (χ0v) is 55.7. The van der Waals surface area contributed by atoms with Gasteiger partial charge in [0.25, 0.3) is 11.4 Å². The molecule has 0 bridgehead atoms. The first-order valence-electron chi connectivity index (χ1n) is 28.8. The second kappa shape index (κ2) is 42.3. The zero-order valence-electron chi connectivity index (χ0n) is 54.2. The number of carbonyl (C=O) groups is 1. The lowest BCUT2D eigenvalue weighted by molar-refractivity contribution is -0.386. The molecule has 0 saturated heterocycles. The van der Waals surface area contributed by atoms with Crippen molar-refractivity contribution in [3.05, 3.63) is 271 Å². The molecule has 0 unspecified atom stereocenters. The maximum Gasteiger partial charge on any atom is 0.311 e. The van der Waals surface area contributed by atoms with E-state index in [2.05, 4.69) is 117 Å². The van der Waals surface area contributed by atoms with Crippen molar-refractivity contribution in [2.24, 2.45) is 5.73 Å². The molecule has 17 heteroatoms. The maximum atomic E-state index is 10.8. The Bertz CT molecular complexity index is 3390. The number of para-hydroxylation sites is 1. The predicted octanol–water partition coefficient (Wildman–Crippen LogP) is 19.2. The van der Waals surface area contributed by atoms with Crippen molar-refractivity contribution in [1.29, 1.82) is 0 Å². The van der Waals surface area contributed by atoms with Gasteiger partial charge in [0.15, 0.2) is 5.75 Å². The van der Waals surface area contributed by atoms with E-state index < -0.39 is 4.92 Å². The van der Waals surface area contributed by atoms with Gasteiger partial charge in [-0.05, 0) is 191 Å². The Morgan fingerprint density at radius 3 is 1.39 bits per heavy atom. The third kappa shape index (κ3) is 32.2. The zero-order chi connectivity index (χ0) is 66.5. The van der Waals surface area contributed by atoms with E-state index in [1.807, 2.05) is 85.1 Å². The molecule has 0 saturated carbocycles. The summed E-state index contributed by atoms with van der Waals surface area (Å²) in [5, 5.41) is 38.7. The van der Waals surface area contributed by atoms with Crippen LogP contribution in [0.1, 0.15) is 99.9 Å². The van der Waals surface area contributed by atoms with Crippen LogP contribution in [0.5, 0.6) is 5.75 Å². The SMILES string of the molecule is CC(=O)Nc1cc(C)ccc1C.CCOc1ccc(C)cc1[N+](=O)[O-].Cc1ccc(C)c(NCCCCCN)c1.Cc1ccc(C)cc1.Cc1ccc(Cl)c(Cl)c1.Cc1ccc(N(C)C)cc1.Cc1cccc([N+](=O)[O-])c1C.Cc1ccccc1[N+](=O)[O-]. The first-order chi connectivity index (χ1) is 41.5. The number of nitrogens with two attached hydrogens (primary N) is 1. The summed E-state index contributed by atoms with van der Waals surface area (Å²) < 4.78 is 5.11. The number of ether oxygens (including phenoxy) is 1. The van der Waals surface area contributed by atoms with Crippen LogP contribution in [0.4, 0.5) is 34.1 Å². The van der Waals surface area contributed by atoms with Gasteiger partial charge >= 0.3 is 5.69 Å². The molecule has 472 valence electrons. The van der Waals surface area contributed by atoms with Crippen molar-refractivity contribution < 1.29 is 24.3 Å². The van der Waals surface area contributed by atoms with E-state index in [1.165, 1.54) is 77.2 Å². The molecule has 0 aliphatic heterocycles. The Balaban J connectivity index is 0.000000506. The van der Waals surface area contributed by atoms with Gasteiger partial charge in [-0.15, -0.1) is 0 Å². The van der Waals surface area contributed by atoms with Crippen LogP contribution >= 0.6 is 23.2 Å². The molecule has 0 fully saturated rings. The molecule has 88 heavy (non-hydrogen) atoms. The van der Waals surface area contributed by atoms with E-state index in [1.54, 1.807) is 63.2 Å². The highest BCUT2D eigenvalue weighted by Gasteiger charge is 2.14. The summed E-state index contributed by atoms with van der Waals surface area (Å²) in [5.74, 6) is 0.307. The number of carbonyl (C=O) groups excluding carboxylic acids is 1. The number of hydrogen-bond donors (Lipinski definition) is 3. The summed E-state index contributed by atoms with van der Waals surface area (Å²) in [6.45, 7) is 29.3. The van der Waals surface area contributed by atoms with Crippen molar-refractivity contribution in [1.82, 2.24) is 0 Å². The molecular weight excluding hydrogens is 1150 g/mol. The minimum Gasteiger partial charge on any atom is -0.487 e. The van der Waals surface area contributed by atoms with Crippen LogP contribution < -0.4 is 26.0 Å². The molecule has 0 spiro atoms. The van der Waals surface area contributed by atoms with Gasteiger partial charge in [0, 0.05) is 74.0 Å². The Morgan fingerprint density at radius 2 is 0.932 bits per heavy atom. The van der Waals surface area contributed by atoms with Crippen LogP contribution in [0.15, 0.2) is 164 Å². The van der Waals surface area contributed by atoms with Crippen LogP contribution in [0, 0.1) is 113 Å². The summed E-state index contributed by atoms with van der Waals surface area (Å²) in [7, 11) is 4.09. The Morgan fingerprint density at radius 1 is 0.489 bits per heavy atom. The van der Waals surface area contributed by atoms with Crippen LogP contribution in [0.2, 0.25) is 10.0 Å². The second-order valence-corrected chi connectivity index (χ2v) is 21.9. The molecule has 0 radical (unpaired) electrons. The Hall–Kier alpha value is -8.63. The first kappa shape index (κ1) is 77.4. The van der Waals surface area contributed by atoms with Crippen LogP contribution in [0.3, 0.4) is 0 Å². The number of nitrogens with zero attached hydrogens (tertiary/aromatic N) is 4. The lowest BCUT2D eigenvalue weighted by atomic mass is 10.1. The smallest absolute Gasteiger partial charge is 0.311 e.